The van der Waals surface area contributed by atoms with Gasteiger partial charge in [0, 0.05) is 21.3 Å². The molecule has 0 N–H and O–H groups in total. The maximum atomic E-state index is 8.12. The summed E-state index contributed by atoms with van der Waals surface area (Å²) in [6.07, 6.45) is 4.14. The Labute approximate surface area is 180 Å². The molecular formula is C28H34N+. The van der Waals surface area contributed by atoms with Crippen molar-refractivity contribution in [2.75, 3.05) is 0 Å². The number of aromatic nitrogens is 1. The highest BCUT2D eigenvalue weighted by Crippen LogP contribution is 2.47. The molecule has 1 aliphatic carbocycles. The van der Waals surface area contributed by atoms with Crippen LogP contribution in [0.15, 0.2) is 54.7 Å². The van der Waals surface area contributed by atoms with Gasteiger partial charge in [-0.3, -0.25) is 0 Å². The summed E-state index contributed by atoms with van der Waals surface area (Å²) in [6.45, 7) is 9.36. The second-order valence-electron chi connectivity index (χ2n) is 9.94. The van der Waals surface area contributed by atoms with Crippen molar-refractivity contribution in [2.24, 2.45) is 7.05 Å². The molecule has 0 spiro atoms. The molecule has 1 aromatic heterocycles. The van der Waals surface area contributed by atoms with Gasteiger partial charge in [0.15, 0.2) is 6.20 Å². The summed E-state index contributed by atoms with van der Waals surface area (Å²) in [5, 5.41) is 0. The zero-order valence-corrected chi connectivity index (χ0v) is 18.6. The number of benzene rings is 2. The van der Waals surface area contributed by atoms with Crippen molar-refractivity contribution in [1.29, 1.82) is 0 Å². The molecule has 0 bridgehead atoms. The van der Waals surface area contributed by atoms with E-state index in [1.165, 1.54) is 28.7 Å². The first kappa shape index (κ1) is 16.4. The van der Waals surface area contributed by atoms with Crippen LogP contribution in [0.25, 0.3) is 22.4 Å². The minimum Gasteiger partial charge on any atom is -0.201 e. The molecule has 0 unspecified atom stereocenters. The fourth-order valence-corrected chi connectivity index (χ4v) is 4.77. The van der Waals surface area contributed by atoms with Gasteiger partial charge in [0.05, 0.1) is 0 Å². The van der Waals surface area contributed by atoms with E-state index in [-0.39, 0.29) is 10.8 Å². The van der Waals surface area contributed by atoms with Gasteiger partial charge >= 0.3 is 0 Å². The van der Waals surface area contributed by atoms with Crippen LogP contribution in [0.2, 0.25) is 0 Å². The second-order valence-corrected chi connectivity index (χ2v) is 9.94. The molecule has 29 heavy (non-hydrogen) atoms. The van der Waals surface area contributed by atoms with Crippen molar-refractivity contribution in [3.05, 3.63) is 77.0 Å². The number of nitrogens with zero attached hydrogens (tertiary/aromatic N) is 1. The van der Waals surface area contributed by atoms with Crippen LogP contribution in [0.5, 0.6) is 0 Å². The van der Waals surface area contributed by atoms with Crippen LogP contribution in [0.3, 0.4) is 0 Å². The minimum atomic E-state index is -2.18. The number of rotatable bonds is 2. The molecule has 1 aliphatic rings. The van der Waals surface area contributed by atoms with Gasteiger partial charge in [-0.1, -0.05) is 64.1 Å². The Morgan fingerprint density at radius 3 is 2.07 bits per heavy atom. The van der Waals surface area contributed by atoms with Gasteiger partial charge in [0.2, 0.25) is 5.69 Å². The second kappa shape index (κ2) is 6.83. The van der Waals surface area contributed by atoms with Crippen LogP contribution >= 0.6 is 0 Å². The van der Waals surface area contributed by atoms with Crippen molar-refractivity contribution >= 4 is 0 Å². The van der Waals surface area contributed by atoms with E-state index in [1.54, 1.807) is 6.20 Å². The maximum Gasteiger partial charge on any atom is 0.213 e. The van der Waals surface area contributed by atoms with Crippen molar-refractivity contribution in [3.63, 3.8) is 0 Å². The predicted octanol–water partition coefficient (Wildman–Crippen LogP) is 6.81. The molecule has 4 rings (SSSR count). The van der Waals surface area contributed by atoms with Crippen LogP contribution in [0, 0.1) is 13.8 Å². The molecule has 0 saturated heterocycles. The van der Waals surface area contributed by atoms with E-state index >= 15 is 0 Å². The Balaban J connectivity index is 1.99. The highest BCUT2D eigenvalue weighted by Gasteiger charge is 2.38. The highest BCUT2D eigenvalue weighted by molar-refractivity contribution is 5.73. The fraction of sp³-hybridized carbons (Fsp3) is 0.393. The lowest BCUT2D eigenvalue weighted by atomic mass is 9.62. The first-order valence-corrected chi connectivity index (χ1v) is 10.6. The molecule has 0 amide bonds. The first-order chi connectivity index (χ1) is 14.8. The van der Waals surface area contributed by atoms with E-state index in [4.69, 9.17) is 4.11 Å². The molecule has 0 fully saturated rings. The third kappa shape index (κ3) is 3.41. The zero-order chi connectivity index (χ0) is 23.5. The van der Waals surface area contributed by atoms with Crippen molar-refractivity contribution < 1.29 is 8.68 Å². The normalized spacial score (nSPS) is 19.0. The van der Waals surface area contributed by atoms with E-state index in [0.717, 1.165) is 23.2 Å². The molecule has 1 heterocycles. The number of hydrogen-bond acceptors (Lipinski definition) is 0. The maximum absolute atomic E-state index is 8.12. The molecule has 0 atom stereocenters. The molecule has 0 aliphatic heterocycles. The molecule has 0 radical (unpaired) electrons. The number of hydrogen-bond donors (Lipinski definition) is 0. The largest absolute Gasteiger partial charge is 0.213 e. The molecule has 3 aromatic rings. The van der Waals surface area contributed by atoms with Gasteiger partial charge in [-0.05, 0) is 71.3 Å². The Morgan fingerprint density at radius 1 is 0.828 bits per heavy atom. The minimum absolute atomic E-state index is 0.118. The molecular weight excluding hydrogens is 350 g/mol. The number of fused-ring (bicyclic) bond motifs is 1. The van der Waals surface area contributed by atoms with Crippen LogP contribution < -0.4 is 4.57 Å². The summed E-state index contributed by atoms with van der Waals surface area (Å²) in [6, 6.07) is 16.6. The summed E-state index contributed by atoms with van der Waals surface area (Å²) >= 11 is 0. The third-order valence-electron chi connectivity index (χ3n) is 6.83. The average molecular weight is 388 g/mol. The number of pyridine rings is 1. The van der Waals surface area contributed by atoms with E-state index in [1.807, 2.05) is 41.9 Å². The van der Waals surface area contributed by atoms with E-state index in [2.05, 4.69) is 52.8 Å². The standard InChI is InChI=1S/C28H34N/c1-19-15-24-25(28(5,6)14-13-27(24,3)4)16-23(19)26-17-22(20(2)18-29(26)7)21-11-9-8-10-12-21/h8-12,15-18H,13-14H2,1-7H3/q+1/i2D3. The monoisotopic (exact) mass is 387 g/mol. The highest BCUT2D eigenvalue weighted by atomic mass is 14.9. The van der Waals surface area contributed by atoms with Gasteiger partial charge in [0.25, 0.3) is 0 Å². The van der Waals surface area contributed by atoms with Crippen LogP contribution in [-0.4, -0.2) is 0 Å². The zero-order valence-electron chi connectivity index (χ0n) is 21.6. The van der Waals surface area contributed by atoms with Gasteiger partial charge < -0.3 is 0 Å². The molecule has 2 aromatic carbocycles. The fourth-order valence-electron chi connectivity index (χ4n) is 4.77. The molecule has 1 heteroatoms. The lowest BCUT2D eigenvalue weighted by Crippen LogP contribution is -2.35. The Kier molecular flexibility index (Phi) is 3.86. The van der Waals surface area contributed by atoms with Gasteiger partial charge in [-0.25, -0.2) is 4.57 Å². The van der Waals surface area contributed by atoms with E-state index in [0.29, 0.717) is 5.56 Å². The van der Waals surface area contributed by atoms with E-state index in [9.17, 15) is 0 Å². The van der Waals surface area contributed by atoms with Crippen LogP contribution in [0.1, 0.15) is 66.9 Å². The number of aryl methyl sites for hydroxylation is 3. The molecule has 0 saturated carbocycles. The van der Waals surface area contributed by atoms with Crippen molar-refractivity contribution in [2.45, 2.75) is 65.1 Å². The predicted molar refractivity (Wildman–Crippen MR) is 123 cm³/mol. The molecule has 150 valence electrons. The first-order valence-electron chi connectivity index (χ1n) is 12.1. The summed E-state index contributed by atoms with van der Waals surface area (Å²) < 4.78 is 26.3. The van der Waals surface area contributed by atoms with Crippen molar-refractivity contribution in [3.8, 4) is 22.4 Å². The van der Waals surface area contributed by atoms with E-state index < -0.39 is 6.85 Å². The lowest BCUT2D eigenvalue weighted by Gasteiger charge is -2.42. The summed E-state index contributed by atoms with van der Waals surface area (Å²) in [7, 11) is 1.95. The van der Waals surface area contributed by atoms with Gasteiger partial charge in [-0.15, -0.1) is 0 Å². The van der Waals surface area contributed by atoms with Crippen LogP contribution in [-0.2, 0) is 17.9 Å². The average Bonchev–Trinajstić information content (AvgIpc) is 2.71. The smallest absolute Gasteiger partial charge is 0.201 e. The Morgan fingerprint density at radius 2 is 1.45 bits per heavy atom. The summed E-state index contributed by atoms with van der Waals surface area (Å²) in [5.41, 5.74) is 8.66. The lowest BCUT2D eigenvalue weighted by molar-refractivity contribution is -0.660. The third-order valence-corrected chi connectivity index (χ3v) is 6.83. The van der Waals surface area contributed by atoms with Gasteiger partial charge in [0.1, 0.15) is 7.05 Å². The topological polar surface area (TPSA) is 3.88 Å². The van der Waals surface area contributed by atoms with Crippen LogP contribution in [0.4, 0.5) is 0 Å². The summed E-state index contributed by atoms with van der Waals surface area (Å²) in [5.74, 6) is 0. The quantitative estimate of drug-likeness (QED) is 0.425. The Bertz CT molecular complexity index is 1170. The SMILES string of the molecule is [2H]C([2H])([2H])c1c[n+](C)c(-c2cc3c(cc2C)C(C)(C)CCC3(C)C)cc1-c1ccccc1. The molecule has 1 nitrogen and oxygen atoms in total. The Hall–Kier alpha value is -2.41. The van der Waals surface area contributed by atoms with Gasteiger partial charge in [-0.2, -0.15) is 0 Å². The van der Waals surface area contributed by atoms with Crippen molar-refractivity contribution in [1.82, 2.24) is 0 Å². The summed E-state index contributed by atoms with van der Waals surface area (Å²) in [4.78, 5) is 0.